The van der Waals surface area contributed by atoms with Crippen LogP contribution in [-0.2, 0) is 11.2 Å². The van der Waals surface area contributed by atoms with Crippen LogP contribution < -0.4 is 15.4 Å². The number of para-hydroxylation sites is 1. The lowest BCUT2D eigenvalue weighted by molar-refractivity contribution is 0.0963. The van der Waals surface area contributed by atoms with Crippen LogP contribution in [-0.4, -0.2) is 62.4 Å². The van der Waals surface area contributed by atoms with Gasteiger partial charge in [-0.1, -0.05) is 18.2 Å². The van der Waals surface area contributed by atoms with Crippen LogP contribution in [0.1, 0.15) is 31.9 Å². The Morgan fingerprint density at radius 3 is 2.72 bits per heavy atom. The van der Waals surface area contributed by atoms with Crippen molar-refractivity contribution in [1.82, 2.24) is 15.5 Å². The number of hydrogen-bond acceptors (Lipinski definition) is 5. The smallest absolute Gasteiger partial charge is 0.409 e. The van der Waals surface area contributed by atoms with Crippen molar-refractivity contribution in [1.29, 1.82) is 0 Å². The molecule has 1 saturated heterocycles. The van der Waals surface area contributed by atoms with Crippen LogP contribution in [0, 0.1) is 0 Å². The zero-order valence-corrected chi connectivity index (χ0v) is 18.8. The van der Waals surface area contributed by atoms with Crippen LogP contribution in [0.5, 0.6) is 5.75 Å². The third kappa shape index (κ3) is 8.17. The van der Waals surface area contributed by atoms with E-state index in [0.717, 1.165) is 49.7 Å². The van der Waals surface area contributed by atoms with Gasteiger partial charge in [0.1, 0.15) is 11.5 Å². The number of carbonyl (C=O) groups excluding carboxylic acids is 1. The molecule has 0 atom stereocenters. The topological polar surface area (TPSA) is 88.3 Å². The molecule has 1 aliphatic heterocycles. The number of ether oxygens (including phenoxy) is 2. The maximum atomic E-state index is 11.9. The number of amides is 1. The fraction of sp³-hybridized carbons (Fsp3) is 0.500. The number of aliphatic imine (C=N–C) groups is 1. The number of likely N-dealkylation sites (tertiary alicyclic amines) is 1. The quantitative estimate of drug-likeness (QED) is 0.333. The van der Waals surface area contributed by atoms with Gasteiger partial charge in [0, 0.05) is 45.1 Å². The summed E-state index contributed by atoms with van der Waals surface area (Å²) in [5, 5.41) is 6.93. The van der Waals surface area contributed by atoms with E-state index in [2.05, 4.69) is 10.6 Å². The van der Waals surface area contributed by atoms with Crippen LogP contribution in [0.4, 0.5) is 4.79 Å². The zero-order valence-electron chi connectivity index (χ0n) is 18.8. The lowest BCUT2D eigenvalue weighted by Crippen LogP contribution is -2.50. The molecule has 0 bridgehead atoms. The molecule has 1 fully saturated rings. The molecule has 0 unspecified atom stereocenters. The number of furan rings is 1. The van der Waals surface area contributed by atoms with Crippen molar-refractivity contribution in [3.05, 3.63) is 54.5 Å². The number of benzene rings is 1. The first-order valence-electron chi connectivity index (χ1n) is 11.4. The van der Waals surface area contributed by atoms with Gasteiger partial charge in [0.2, 0.25) is 0 Å². The van der Waals surface area contributed by atoms with Gasteiger partial charge in [0.25, 0.3) is 0 Å². The standard InChI is InChI=1S/C24H34N4O4/c1-2-30-24(29)28-16-12-20(13-17-28)27-23(26-15-11-22-10-6-18-31-22)25-14-7-19-32-21-8-4-3-5-9-21/h3-6,8-10,18,20H,2,7,11-17,19H2,1H3,(H2,25,26,27). The number of carbonyl (C=O) groups is 1. The molecule has 8 heteroatoms. The second kappa shape index (κ2) is 13.3. The van der Waals surface area contributed by atoms with E-state index in [0.29, 0.717) is 32.8 Å². The van der Waals surface area contributed by atoms with Crippen molar-refractivity contribution in [2.45, 2.75) is 38.6 Å². The van der Waals surface area contributed by atoms with E-state index in [4.69, 9.17) is 18.9 Å². The number of nitrogens with zero attached hydrogens (tertiary/aromatic N) is 2. The van der Waals surface area contributed by atoms with Crippen molar-refractivity contribution < 1.29 is 18.7 Å². The summed E-state index contributed by atoms with van der Waals surface area (Å²) >= 11 is 0. The molecule has 0 radical (unpaired) electrons. The molecule has 0 saturated carbocycles. The molecule has 2 aromatic rings. The highest BCUT2D eigenvalue weighted by molar-refractivity contribution is 5.80. The van der Waals surface area contributed by atoms with Gasteiger partial charge < -0.3 is 29.4 Å². The third-order valence-electron chi connectivity index (χ3n) is 5.19. The van der Waals surface area contributed by atoms with Gasteiger partial charge in [-0.2, -0.15) is 0 Å². The Morgan fingerprint density at radius 1 is 1.19 bits per heavy atom. The molecule has 8 nitrogen and oxygen atoms in total. The van der Waals surface area contributed by atoms with E-state index in [1.165, 1.54) is 0 Å². The van der Waals surface area contributed by atoms with Gasteiger partial charge in [-0.05, 0) is 44.0 Å². The van der Waals surface area contributed by atoms with Crippen molar-refractivity contribution in [3.63, 3.8) is 0 Å². The van der Waals surface area contributed by atoms with E-state index in [1.807, 2.05) is 49.4 Å². The molecule has 1 aliphatic rings. The number of guanidine groups is 1. The monoisotopic (exact) mass is 442 g/mol. The van der Waals surface area contributed by atoms with Gasteiger partial charge in [0.05, 0.1) is 19.5 Å². The number of piperidine rings is 1. The molecule has 174 valence electrons. The fourth-order valence-corrected chi connectivity index (χ4v) is 3.49. The minimum absolute atomic E-state index is 0.227. The third-order valence-corrected chi connectivity index (χ3v) is 5.19. The largest absolute Gasteiger partial charge is 0.494 e. The summed E-state index contributed by atoms with van der Waals surface area (Å²) in [5.41, 5.74) is 0. The maximum Gasteiger partial charge on any atom is 0.409 e. The van der Waals surface area contributed by atoms with Crippen molar-refractivity contribution in [2.75, 3.05) is 39.4 Å². The highest BCUT2D eigenvalue weighted by atomic mass is 16.6. The van der Waals surface area contributed by atoms with E-state index in [1.54, 1.807) is 11.2 Å². The highest BCUT2D eigenvalue weighted by Gasteiger charge is 2.24. The van der Waals surface area contributed by atoms with E-state index >= 15 is 0 Å². The summed E-state index contributed by atoms with van der Waals surface area (Å²) in [6.45, 7) is 5.59. The van der Waals surface area contributed by atoms with Crippen LogP contribution >= 0.6 is 0 Å². The molecular formula is C24H34N4O4. The minimum atomic E-state index is -0.227. The summed E-state index contributed by atoms with van der Waals surface area (Å²) in [7, 11) is 0. The van der Waals surface area contributed by atoms with Crippen molar-refractivity contribution >= 4 is 12.1 Å². The maximum absolute atomic E-state index is 11.9. The highest BCUT2D eigenvalue weighted by Crippen LogP contribution is 2.12. The molecule has 2 heterocycles. The first-order valence-corrected chi connectivity index (χ1v) is 11.4. The SMILES string of the molecule is CCOC(=O)N1CCC(NC(=NCCCOc2ccccc2)NCCc2ccco2)CC1. The van der Waals surface area contributed by atoms with E-state index in [-0.39, 0.29) is 12.1 Å². The second-order valence-corrected chi connectivity index (χ2v) is 7.61. The van der Waals surface area contributed by atoms with Crippen molar-refractivity contribution in [2.24, 2.45) is 4.99 Å². The Labute approximate surface area is 190 Å². The van der Waals surface area contributed by atoms with Crippen LogP contribution in [0.2, 0.25) is 0 Å². The molecule has 1 aromatic heterocycles. The summed E-state index contributed by atoms with van der Waals surface area (Å²) in [6, 6.07) is 13.9. The Balaban J connectivity index is 1.45. The number of hydrogen-bond donors (Lipinski definition) is 2. The van der Waals surface area contributed by atoms with Gasteiger partial charge in [-0.15, -0.1) is 0 Å². The molecular weight excluding hydrogens is 408 g/mol. The average molecular weight is 443 g/mol. The lowest BCUT2D eigenvalue weighted by atomic mass is 10.1. The van der Waals surface area contributed by atoms with Gasteiger partial charge in [0.15, 0.2) is 5.96 Å². The van der Waals surface area contributed by atoms with Crippen LogP contribution in [0.25, 0.3) is 0 Å². The molecule has 2 N–H and O–H groups in total. The molecule has 0 aliphatic carbocycles. The lowest BCUT2D eigenvalue weighted by Gasteiger charge is -2.32. The molecule has 0 spiro atoms. The summed E-state index contributed by atoms with van der Waals surface area (Å²) < 4.78 is 16.3. The molecule has 1 aromatic carbocycles. The number of rotatable bonds is 10. The molecule has 1 amide bonds. The molecule has 3 rings (SSSR count). The van der Waals surface area contributed by atoms with E-state index in [9.17, 15) is 4.79 Å². The summed E-state index contributed by atoms with van der Waals surface area (Å²) in [6.07, 6.45) is 4.78. The zero-order chi connectivity index (χ0) is 22.4. The van der Waals surface area contributed by atoms with Gasteiger partial charge in [-0.25, -0.2) is 4.79 Å². The first-order chi connectivity index (χ1) is 15.7. The minimum Gasteiger partial charge on any atom is -0.494 e. The Morgan fingerprint density at radius 2 is 2.00 bits per heavy atom. The predicted octanol–water partition coefficient (Wildman–Crippen LogP) is 3.45. The fourth-order valence-electron chi connectivity index (χ4n) is 3.49. The van der Waals surface area contributed by atoms with Crippen LogP contribution in [0.3, 0.4) is 0 Å². The normalized spacial score (nSPS) is 14.8. The molecule has 32 heavy (non-hydrogen) atoms. The Hall–Kier alpha value is -3.16. The number of nitrogens with one attached hydrogen (secondary N) is 2. The van der Waals surface area contributed by atoms with Gasteiger partial charge >= 0.3 is 6.09 Å². The van der Waals surface area contributed by atoms with Gasteiger partial charge in [-0.3, -0.25) is 4.99 Å². The second-order valence-electron chi connectivity index (χ2n) is 7.61. The predicted molar refractivity (Wildman–Crippen MR) is 124 cm³/mol. The first kappa shape index (κ1) is 23.5. The summed E-state index contributed by atoms with van der Waals surface area (Å²) in [4.78, 5) is 18.4. The Kier molecular flexibility index (Phi) is 9.76. The van der Waals surface area contributed by atoms with Crippen LogP contribution in [0.15, 0.2) is 58.1 Å². The Bertz CT molecular complexity index is 803. The van der Waals surface area contributed by atoms with E-state index < -0.39 is 0 Å². The average Bonchev–Trinajstić information content (AvgIpc) is 3.33. The summed E-state index contributed by atoms with van der Waals surface area (Å²) in [5.74, 6) is 2.60. The van der Waals surface area contributed by atoms with Crippen molar-refractivity contribution in [3.8, 4) is 5.75 Å².